The quantitative estimate of drug-likeness (QED) is 0.771. The number of nitrogens with one attached hydrogen (secondary N) is 1. The predicted octanol–water partition coefficient (Wildman–Crippen LogP) is 2.37. The summed E-state index contributed by atoms with van der Waals surface area (Å²) in [6.45, 7) is 5.12. The number of aryl methyl sites for hydroxylation is 2. The highest BCUT2D eigenvalue weighted by Gasteiger charge is 1.93. The third kappa shape index (κ3) is 4.04. The van der Waals surface area contributed by atoms with Gasteiger partial charge in [-0.25, -0.2) is 4.98 Å². The van der Waals surface area contributed by atoms with Crippen molar-refractivity contribution in [2.24, 2.45) is 0 Å². The number of imidazole rings is 1. The topological polar surface area (TPSA) is 29.9 Å². The standard InChI is InChI=1S/C14H19N3/c1-13-3-5-14(6-4-13)11-15-7-2-9-17-10-8-16-12-17/h3-6,8,10,12,15H,2,7,9,11H2,1H3. The van der Waals surface area contributed by atoms with Crippen LogP contribution in [0.4, 0.5) is 0 Å². The van der Waals surface area contributed by atoms with Crippen LogP contribution in [0.3, 0.4) is 0 Å². The molecule has 0 fully saturated rings. The molecule has 1 N–H and O–H groups in total. The van der Waals surface area contributed by atoms with Gasteiger partial charge in [-0.05, 0) is 25.5 Å². The van der Waals surface area contributed by atoms with E-state index in [0.717, 1.165) is 26.1 Å². The Morgan fingerprint density at radius 1 is 1.24 bits per heavy atom. The number of hydrogen-bond donors (Lipinski definition) is 1. The largest absolute Gasteiger partial charge is 0.337 e. The van der Waals surface area contributed by atoms with Gasteiger partial charge in [0, 0.05) is 25.5 Å². The van der Waals surface area contributed by atoms with Crippen LogP contribution in [-0.2, 0) is 13.1 Å². The Morgan fingerprint density at radius 3 is 2.76 bits per heavy atom. The summed E-state index contributed by atoms with van der Waals surface area (Å²) in [5.74, 6) is 0. The van der Waals surface area contributed by atoms with Gasteiger partial charge in [-0.1, -0.05) is 29.8 Å². The van der Waals surface area contributed by atoms with Gasteiger partial charge in [0.05, 0.1) is 6.33 Å². The Hall–Kier alpha value is -1.61. The third-order valence-electron chi connectivity index (χ3n) is 2.78. The fourth-order valence-electron chi connectivity index (χ4n) is 1.74. The second-order valence-corrected chi connectivity index (χ2v) is 4.32. The maximum Gasteiger partial charge on any atom is 0.0945 e. The van der Waals surface area contributed by atoms with Crippen molar-refractivity contribution in [2.45, 2.75) is 26.4 Å². The first-order chi connectivity index (χ1) is 8.34. The number of aromatic nitrogens is 2. The Morgan fingerprint density at radius 2 is 2.06 bits per heavy atom. The minimum Gasteiger partial charge on any atom is -0.337 e. The van der Waals surface area contributed by atoms with Crippen LogP contribution >= 0.6 is 0 Å². The third-order valence-corrected chi connectivity index (χ3v) is 2.78. The minimum atomic E-state index is 0.949. The molecule has 0 aliphatic rings. The lowest BCUT2D eigenvalue weighted by Crippen LogP contribution is -2.16. The highest BCUT2D eigenvalue weighted by atomic mass is 15.0. The monoisotopic (exact) mass is 229 g/mol. The average Bonchev–Trinajstić information content (AvgIpc) is 2.84. The zero-order valence-electron chi connectivity index (χ0n) is 10.3. The van der Waals surface area contributed by atoms with Crippen molar-refractivity contribution in [1.29, 1.82) is 0 Å². The Labute approximate surface area is 103 Å². The first kappa shape index (κ1) is 11.9. The molecule has 0 radical (unpaired) electrons. The van der Waals surface area contributed by atoms with Gasteiger partial charge in [0.2, 0.25) is 0 Å². The molecule has 0 spiro atoms. The summed E-state index contributed by atoms with van der Waals surface area (Å²) in [6.07, 6.45) is 6.81. The maximum absolute atomic E-state index is 4.02. The zero-order valence-corrected chi connectivity index (χ0v) is 10.3. The van der Waals surface area contributed by atoms with Gasteiger partial charge in [-0.15, -0.1) is 0 Å². The van der Waals surface area contributed by atoms with Crippen LogP contribution in [0.25, 0.3) is 0 Å². The van der Waals surface area contributed by atoms with Gasteiger partial charge >= 0.3 is 0 Å². The molecule has 0 atom stereocenters. The molecule has 0 aliphatic carbocycles. The Balaban J connectivity index is 1.61. The van der Waals surface area contributed by atoms with Gasteiger partial charge in [0.1, 0.15) is 0 Å². The number of benzene rings is 1. The SMILES string of the molecule is Cc1ccc(CNCCCn2ccnc2)cc1. The van der Waals surface area contributed by atoms with E-state index < -0.39 is 0 Å². The van der Waals surface area contributed by atoms with Gasteiger partial charge in [-0.2, -0.15) is 0 Å². The highest BCUT2D eigenvalue weighted by Crippen LogP contribution is 2.02. The molecule has 3 nitrogen and oxygen atoms in total. The molecule has 2 aromatic rings. The second-order valence-electron chi connectivity index (χ2n) is 4.32. The number of rotatable bonds is 6. The van der Waals surface area contributed by atoms with Crippen LogP contribution in [0.1, 0.15) is 17.5 Å². The van der Waals surface area contributed by atoms with E-state index >= 15 is 0 Å². The summed E-state index contributed by atoms with van der Waals surface area (Å²) in [5.41, 5.74) is 2.66. The van der Waals surface area contributed by atoms with Crippen LogP contribution in [0.5, 0.6) is 0 Å². The Kier molecular flexibility index (Phi) is 4.33. The van der Waals surface area contributed by atoms with E-state index in [-0.39, 0.29) is 0 Å². The summed E-state index contributed by atoms with van der Waals surface area (Å²) in [5, 5.41) is 3.45. The Bertz CT molecular complexity index is 417. The van der Waals surface area contributed by atoms with Gasteiger partial charge in [0.25, 0.3) is 0 Å². The van der Waals surface area contributed by atoms with Gasteiger partial charge in [-0.3, -0.25) is 0 Å². The van der Waals surface area contributed by atoms with Crippen molar-refractivity contribution >= 4 is 0 Å². The summed E-state index contributed by atoms with van der Waals surface area (Å²) >= 11 is 0. The number of nitrogens with zero attached hydrogens (tertiary/aromatic N) is 2. The second kappa shape index (κ2) is 6.21. The first-order valence-corrected chi connectivity index (χ1v) is 6.06. The normalized spacial score (nSPS) is 10.6. The van der Waals surface area contributed by atoms with E-state index in [9.17, 15) is 0 Å². The lowest BCUT2D eigenvalue weighted by molar-refractivity contribution is 0.581. The molecular formula is C14H19N3. The molecule has 0 bridgehead atoms. The molecule has 1 heterocycles. The molecule has 0 saturated carbocycles. The molecule has 0 amide bonds. The molecule has 1 aromatic heterocycles. The molecule has 17 heavy (non-hydrogen) atoms. The van der Waals surface area contributed by atoms with Crippen LogP contribution < -0.4 is 5.32 Å². The maximum atomic E-state index is 4.02. The smallest absolute Gasteiger partial charge is 0.0945 e. The molecule has 0 saturated heterocycles. The van der Waals surface area contributed by atoms with Crippen LogP contribution in [0.15, 0.2) is 43.0 Å². The van der Waals surface area contributed by atoms with Crippen molar-refractivity contribution in [3.8, 4) is 0 Å². The van der Waals surface area contributed by atoms with Crippen molar-refractivity contribution in [1.82, 2.24) is 14.9 Å². The lowest BCUT2D eigenvalue weighted by Gasteiger charge is -2.05. The average molecular weight is 229 g/mol. The molecule has 2 rings (SSSR count). The summed E-state index contributed by atoms with van der Waals surface area (Å²) < 4.78 is 2.10. The highest BCUT2D eigenvalue weighted by molar-refractivity contribution is 5.20. The van der Waals surface area contributed by atoms with Crippen molar-refractivity contribution < 1.29 is 0 Å². The fraction of sp³-hybridized carbons (Fsp3) is 0.357. The van der Waals surface area contributed by atoms with Crippen LogP contribution in [0.2, 0.25) is 0 Å². The van der Waals surface area contributed by atoms with E-state index in [0.29, 0.717) is 0 Å². The number of hydrogen-bond acceptors (Lipinski definition) is 2. The van der Waals surface area contributed by atoms with E-state index in [1.807, 2.05) is 18.7 Å². The summed E-state index contributed by atoms with van der Waals surface area (Å²) in [7, 11) is 0. The van der Waals surface area contributed by atoms with E-state index in [2.05, 4.69) is 46.1 Å². The van der Waals surface area contributed by atoms with Crippen LogP contribution in [-0.4, -0.2) is 16.1 Å². The van der Waals surface area contributed by atoms with Crippen molar-refractivity contribution in [3.05, 3.63) is 54.1 Å². The zero-order chi connectivity index (χ0) is 11.9. The summed E-state index contributed by atoms with van der Waals surface area (Å²) in [6, 6.07) is 8.67. The molecule has 0 unspecified atom stereocenters. The molecule has 0 aliphatic heterocycles. The van der Waals surface area contributed by atoms with Gasteiger partial charge < -0.3 is 9.88 Å². The minimum absolute atomic E-state index is 0.949. The van der Waals surface area contributed by atoms with E-state index in [1.165, 1.54) is 11.1 Å². The first-order valence-electron chi connectivity index (χ1n) is 6.06. The van der Waals surface area contributed by atoms with E-state index in [1.54, 1.807) is 0 Å². The summed E-state index contributed by atoms with van der Waals surface area (Å²) in [4.78, 5) is 4.02. The lowest BCUT2D eigenvalue weighted by atomic mass is 10.1. The van der Waals surface area contributed by atoms with Crippen molar-refractivity contribution in [2.75, 3.05) is 6.54 Å². The van der Waals surface area contributed by atoms with Crippen LogP contribution in [0, 0.1) is 6.92 Å². The molecule has 1 aromatic carbocycles. The predicted molar refractivity (Wildman–Crippen MR) is 69.7 cm³/mol. The fourth-order valence-corrected chi connectivity index (χ4v) is 1.74. The van der Waals surface area contributed by atoms with E-state index in [4.69, 9.17) is 0 Å². The van der Waals surface area contributed by atoms with Gasteiger partial charge in [0.15, 0.2) is 0 Å². The molecule has 90 valence electrons. The van der Waals surface area contributed by atoms with Crippen molar-refractivity contribution in [3.63, 3.8) is 0 Å². The molecular weight excluding hydrogens is 210 g/mol. The molecule has 3 heteroatoms.